The van der Waals surface area contributed by atoms with Gasteiger partial charge in [-0.25, -0.2) is 24.5 Å². The lowest BCUT2D eigenvalue weighted by Gasteiger charge is -2.36. The second-order valence-corrected chi connectivity index (χ2v) is 16.9. The van der Waals surface area contributed by atoms with E-state index in [-0.39, 0.29) is 31.0 Å². The summed E-state index contributed by atoms with van der Waals surface area (Å²) in [5, 5.41) is 10.1. The first kappa shape index (κ1) is 44.0. The number of nitrogen functional groups attached to an aromatic ring is 2. The van der Waals surface area contributed by atoms with Crippen molar-refractivity contribution >= 4 is 60.9 Å². The first-order valence-corrected chi connectivity index (χ1v) is 21.6. The fourth-order valence-electron chi connectivity index (χ4n) is 7.33. The highest BCUT2D eigenvalue weighted by Crippen LogP contribution is 2.52. The summed E-state index contributed by atoms with van der Waals surface area (Å²) in [6.45, 7) is -0.589. The number of thiol groups is 1. The van der Waals surface area contributed by atoms with Crippen molar-refractivity contribution in [1.29, 1.82) is 0 Å². The van der Waals surface area contributed by atoms with E-state index in [4.69, 9.17) is 70.2 Å². The van der Waals surface area contributed by atoms with Crippen molar-refractivity contribution in [3.05, 3.63) is 68.5 Å². The van der Waals surface area contributed by atoms with Crippen molar-refractivity contribution in [2.24, 2.45) is 0 Å². The minimum absolute atomic E-state index is 0.0387. The van der Waals surface area contributed by atoms with E-state index in [9.17, 15) is 19.5 Å². The summed E-state index contributed by atoms with van der Waals surface area (Å²) in [5.41, 5.74) is 9.17. The molecule has 0 radical (unpaired) electrons. The molecule has 3 saturated heterocycles. The highest BCUT2D eigenvalue weighted by Gasteiger charge is 2.56. The Labute approximate surface area is 344 Å². The van der Waals surface area contributed by atoms with Gasteiger partial charge in [-0.15, -0.1) is 12.2 Å². The maximum absolute atomic E-state index is 12.7. The van der Waals surface area contributed by atoms with Crippen LogP contribution in [0.15, 0.2) is 51.6 Å². The van der Waals surface area contributed by atoms with Gasteiger partial charge in [0.05, 0.1) is 39.6 Å². The molecule has 59 heavy (non-hydrogen) atoms. The van der Waals surface area contributed by atoms with E-state index in [1.807, 2.05) is 0 Å². The lowest BCUT2D eigenvalue weighted by Crippen LogP contribution is -2.49. The van der Waals surface area contributed by atoms with Crippen molar-refractivity contribution in [1.82, 2.24) is 38.6 Å². The Morgan fingerprint density at radius 3 is 2.44 bits per heavy atom. The average Bonchev–Trinajstić information content (AvgIpc) is 3.99. The standard InChI is InChI=1S/C31H43N10O14P3S/c1-46-22-20(53-56)16(52-27(22)40-7-5-18(43)38-30(40)45)10-58(59)55-24-15(49-11-31(24,48-3)41-13-36-19-25(33)34-12-35-26(19)41)9-50-57-54-21-14(8-42)51-28(23(21)47-2)39-6-4-17(32)37-29(39)44/h4-7,12-16,20-24,27-28,42,57,59H,8-11,56H2,1-3H3,(H2,32,37,44)(H2,33,34,35)(H,38,43,45). The molecule has 4 aromatic heterocycles. The largest absolute Gasteiger partial charge is 0.394 e. The molecule has 24 nitrogen and oxygen atoms in total. The number of methoxy groups -OCH3 is 3. The number of ether oxygens (including phenoxy) is 6. The molecular weight excluding hydrogens is 861 g/mol. The summed E-state index contributed by atoms with van der Waals surface area (Å²) >= 11 is 4.89. The molecular formula is C31H43N10O14P3S. The van der Waals surface area contributed by atoms with E-state index in [0.717, 1.165) is 0 Å². The Hall–Kier alpha value is -3.09. The second-order valence-electron chi connectivity index (χ2n) is 13.4. The molecule has 4 aromatic rings. The molecule has 0 aliphatic carbocycles. The summed E-state index contributed by atoms with van der Waals surface area (Å²) in [7, 11) is 4.22. The Kier molecular flexibility index (Phi) is 14.1. The van der Waals surface area contributed by atoms with Gasteiger partial charge in [0.25, 0.3) is 5.56 Å². The van der Waals surface area contributed by atoms with E-state index in [2.05, 4.69) is 34.4 Å². The van der Waals surface area contributed by atoms with Crippen LogP contribution < -0.4 is 28.4 Å². The maximum atomic E-state index is 12.7. The lowest BCUT2D eigenvalue weighted by molar-refractivity contribution is -0.125. The van der Waals surface area contributed by atoms with Crippen LogP contribution in [-0.4, -0.2) is 140 Å². The number of fused-ring (bicyclic) bond motifs is 1. The lowest BCUT2D eigenvalue weighted by atomic mass is 10.1. The predicted molar refractivity (Wildman–Crippen MR) is 215 cm³/mol. The molecule has 0 bridgehead atoms. The number of aliphatic hydroxyl groups excluding tert-OH is 1. The molecule has 0 spiro atoms. The van der Waals surface area contributed by atoms with Crippen LogP contribution >= 0.6 is 38.1 Å². The van der Waals surface area contributed by atoms with E-state index in [1.165, 1.54) is 67.6 Å². The minimum atomic E-state index is -1.71. The van der Waals surface area contributed by atoms with Gasteiger partial charge in [0.15, 0.2) is 38.7 Å². The molecule has 3 aliphatic heterocycles. The maximum Gasteiger partial charge on any atom is 0.351 e. The highest BCUT2D eigenvalue weighted by molar-refractivity contribution is 8.43. The van der Waals surface area contributed by atoms with Crippen molar-refractivity contribution in [3.8, 4) is 0 Å². The topological polar surface area (TPSA) is 298 Å². The third-order valence-electron chi connectivity index (χ3n) is 10.2. The number of aromatic nitrogens is 8. The van der Waals surface area contributed by atoms with Crippen molar-refractivity contribution in [3.63, 3.8) is 0 Å². The number of imidazole rings is 1. The van der Waals surface area contributed by atoms with Gasteiger partial charge in [0.2, 0.25) is 0 Å². The normalized spacial score (nSPS) is 31.6. The number of anilines is 2. The van der Waals surface area contributed by atoms with Crippen LogP contribution in [0.5, 0.6) is 0 Å². The summed E-state index contributed by atoms with van der Waals surface area (Å²) in [6, 6.07) is 2.64. The molecule has 7 heterocycles. The van der Waals surface area contributed by atoms with Gasteiger partial charge >= 0.3 is 11.4 Å². The van der Waals surface area contributed by atoms with Gasteiger partial charge in [-0.05, 0) is 6.07 Å². The SMILES string of the molecule is COC1C(OPOCC2OCC(OC)(n3cnc4c(N)ncnc43)C2OP(S)CC2OC(n3ccc(=O)[nH]c3=O)C(OC)C2OP)C(CO)OC1n1ccc(N)nc1=O. The molecule has 3 aliphatic rings. The number of nitrogens with zero attached hydrogens (tertiary/aromatic N) is 7. The molecule has 3 fully saturated rings. The van der Waals surface area contributed by atoms with Gasteiger partial charge in [-0.1, -0.05) is 0 Å². The van der Waals surface area contributed by atoms with Crippen LogP contribution in [0.25, 0.3) is 11.2 Å². The molecule has 0 saturated carbocycles. The summed E-state index contributed by atoms with van der Waals surface area (Å²) in [4.78, 5) is 56.0. The van der Waals surface area contributed by atoms with Gasteiger partial charge in [0, 0.05) is 55.4 Å². The number of nitrogens with two attached hydrogens (primary N) is 2. The fourth-order valence-corrected chi connectivity index (χ4v) is 10.4. The predicted octanol–water partition coefficient (Wildman–Crippen LogP) is -0.975. The molecule has 14 atom stereocenters. The monoisotopic (exact) mass is 904 g/mol. The van der Waals surface area contributed by atoms with E-state index >= 15 is 0 Å². The van der Waals surface area contributed by atoms with Gasteiger partial charge in [-0.3, -0.25) is 23.5 Å². The van der Waals surface area contributed by atoms with Crippen molar-refractivity contribution in [2.75, 3.05) is 58.8 Å². The van der Waals surface area contributed by atoms with E-state index in [1.54, 1.807) is 4.57 Å². The van der Waals surface area contributed by atoms with Gasteiger partial charge < -0.3 is 63.1 Å². The molecule has 6 N–H and O–H groups in total. The number of aliphatic hydroxyl groups is 1. The smallest absolute Gasteiger partial charge is 0.351 e. The highest BCUT2D eigenvalue weighted by atomic mass is 32.7. The summed E-state index contributed by atoms with van der Waals surface area (Å²) < 4.78 is 64.8. The fraction of sp³-hybridized carbons (Fsp3) is 0.581. The van der Waals surface area contributed by atoms with E-state index < -0.39 is 107 Å². The average molecular weight is 905 g/mol. The van der Waals surface area contributed by atoms with Crippen molar-refractivity contribution < 1.29 is 51.6 Å². The number of nitrogens with one attached hydrogen (secondary N) is 1. The number of aromatic amines is 1. The molecule has 0 aromatic carbocycles. The summed E-state index contributed by atoms with van der Waals surface area (Å²) in [5.74, 6) is 0.194. The zero-order valence-corrected chi connectivity index (χ0v) is 35.5. The van der Waals surface area contributed by atoms with Crippen LogP contribution in [0.4, 0.5) is 11.6 Å². The zero-order valence-electron chi connectivity index (χ0n) is 31.6. The van der Waals surface area contributed by atoms with Crippen molar-refractivity contribution in [2.45, 2.75) is 67.0 Å². The van der Waals surface area contributed by atoms with Crippen LogP contribution in [0.2, 0.25) is 0 Å². The molecule has 14 unspecified atom stereocenters. The Balaban J connectivity index is 1.10. The first-order chi connectivity index (χ1) is 28.5. The van der Waals surface area contributed by atoms with Crippen LogP contribution in [0, 0.1) is 0 Å². The zero-order chi connectivity index (χ0) is 42.0. The quantitative estimate of drug-likeness (QED) is 0.0484. The summed E-state index contributed by atoms with van der Waals surface area (Å²) in [6.07, 6.45) is -2.72. The Morgan fingerprint density at radius 1 is 1.02 bits per heavy atom. The number of hydrogen-bond acceptors (Lipinski definition) is 21. The van der Waals surface area contributed by atoms with Crippen LogP contribution in [0.3, 0.4) is 0 Å². The molecule has 7 rings (SSSR count). The number of H-pyrrole nitrogens is 1. The van der Waals surface area contributed by atoms with Gasteiger partial charge in [0.1, 0.15) is 60.4 Å². The Bertz CT molecular complexity index is 2260. The third kappa shape index (κ3) is 8.57. The first-order valence-electron chi connectivity index (χ1n) is 17.7. The third-order valence-corrected chi connectivity index (χ3v) is 13.1. The molecule has 322 valence electrons. The molecule has 0 amide bonds. The van der Waals surface area contributed by atoms with Crippen LogP contribution in [0.1, 0.15) is 12.5 Å². The van der Waals surface area contributed by atoms with E-state index in [0.29, 0.717) is 11.2 Å². The Morgan fingerprint density at radius 2 is 1.75 bits per heavy atom. The van der Waals surface area contributed by atoms with Gasteiger partial charge in [-0.2, -0.15) is 4.98 Å². The molecule has 28 heteroatoms. The second kappa shape index (κ2) is 18.9. The number of rotatable bonds is 17. The van der Waals surface area contributed by atoms with Crippen LogP contribution in [-0.2, 0) is 52.2 Å². The minimum Gasteiger partial charge on any atom is -0.394 e. The number of hydrogen-bond donors (Lipinski definition) is 5.